The number of ether oxygens (including phenoxy) is 1. The number of benzene rings is 1. The van der Waals surface area contributed by atoms with Crippen LogP contribution in [0.5, 0.6) is 0 Å². The van der Waals surface area contributed by atoms with E-state index in [9.17, 15) is 5.11 Å². The molecule has 3 unspecified atom stereocenters. The molecule has 1 fully saturated rings. The zero-order valence-electron chi connectivity index (χ0n) is 11.2. The van der Waals surface area contributed by atoms with E-state index in [1.54, 1.807) is 0 Å². The first-order chi connectivity index (χ1) is 8.74. The third kappa shape index (κ3) is 2.91. The first kappa shape index (κ1) is 13.5. The summed E-state index contributed by atoms with van der Waals surface area (Å²) in [6.45, 7) is 3.75. The molecule has 0 aliphatic carbocycles. The van der Waals surface area contributed by atoms with E-state index >= 15 is 0 Å². The Morgan fingerprint density at radius 1 is 1.39 bits per heavy atom. The highest BCUT2D eigenvalue weighted by atomic mass is 16.5. The van der Waals surface area contributed by atoms with Gasteiger partial charge in [-0.1, -0.05) is 37.3 Å². The van der Waals surface area contributed by atoms with E-state index in [2.05, 4.69) is 18.9 Å². The molecule has 0 spiro atoms. The Balaban J connectivity index is 2.07. The molecule has 0 aromatic heterocycles. The molecular formula is C15H23NO2. The van der Waals surface area contributed by atoms with Crippen LogP contribution in [-0.2, 0) is 4.74 Å². The van der Waals surface area contributed by atoms with Crippen LogP contribution < -0.4 is 0 Å². The molecule has 100 valence electrons. The maximum atomic E-state index is 10.5. The van der Waals surface area contributed by atoms with Crippen molar-refractivity contribution in [1.82, 2.24) is 4.90 Å². The maximum Gasteiger partial charge on any atom is 0.0945 e. The average Bonchev–Trinajstić information content (AvgIpc) is 2.94. The summed E-state index contributed by atoms with van der Waals surface area (Å²) in [6, 6.07) is 10.5. The van der Waals surface area contributed by atoms with Gasteiger partial charge in [0.05, 0.1) is 12.7 Å². The number of hydrogen-bond donors (Lipinski definition) is 1. The van der Waals surface area contributed by atoms with Crippen molar-refractivity contribution in [3.05, 3.63) is 35.9 Å². The van der Waals surface area contributed by atoms with Crippen LogP contribution in [0.2, 0.25) is 0 Å². The Morgan fingerprint density at radius 2 is 2.11 bits per heavy atom. The van der Waals surface area contributed by atoms with Crippen molar-refractivity contribution in [2.45, 2.75) is 38.0 Å². The minimum atomic E-state index is -0.429. The molecule has 0 radical (unpaired) electrons. The molecule has 1 N–H and O–H groups in total. The molecule has 3 nitrogen and oxygen atoms in total. The lowest BCUT2D eigenvalue weighted by molar-refractivity contribution is 0.0333. The highest BCUT2D eigenvalue weighted by Gasteiger charge is 2.30. The number of aliphatic hydroxyl groups is 1. The Kier molecular flexibility index (Phi) is 4.75. The van der Waals surface area contributed by atoms with Gasteiger partial charge in [0.15, 0.2) is 0 Å². The number of aliphatic hydroxyl groups excluding tert-OH is 1. The van der Waals surface area contributed by atoms with E-state index in [0.717, 1.165) is 31.6 Å². The zero-order chi connectivity index (χ0) is 13.0. The third-order valence-electron chi connectivity index (χ3n) is 3.93. The van der Waals surface area contributed by atoms with Gasteiger partial charge >= 0.3 is 0 Å². The summed E-state index contributed by atoms with van der Waals surface area (Å²) in [5.74, 6) is 0. The second kappa shape index (κ2) is 6.32. The molecule has 1 heterocycles. The van der Waals surface area contributed by atoms with Gasteiger partial charge < -0.3 is 9.84 Å². The van der Waals surface area contributed by atoms with Crippen LogP contribution in [0, 0.1) is 0 Å². The van der Waals surface area contributed by atoms with Crippen LogP contribution in [-0.4, -0.2) is 42.4 Å². The predicted octanol–water partition coefficient (Wildman–Crippen LogP) is 2.22. The number of nitrogens with zero attached hydrogens (tertiary/aromatic N) is 1. The second-order valence-electron chi connectivity index (χ2n) is 5.01. The molecule has 3 heteroatoms. The van der Waals surface area contributed by atoms with E-state index in [1.165, 1.54) is 0 Å². The molecule has 1 saturated heterocycles. The van der Waals surface area contributed by atoms with Gasteiger partial charge in [-0.3, -0.25) is 4.90 Å². The predicted molar refractivity (Wildman–Crippen MR) is 72.5 cm³/mol. The fourth-order valence-corrected chi connectivity index (χ4v) is 2.72. The summed E-state index contributed by atoms with van der Waals surface area (Å²) in [4.78, 5) is 2.28. The molecule has 0 bridgehead atoms. The quantitative estimate of drug-likeness (QED) is 0.868. The fraction of sp³-hybridized carbons (Fsp3) is 0.600. The van der Waals surface area contributed by atoms with Crippen LogP contribution in [0.15, 0.2) is 30.3 Å². The number of hydrogen-bond acceptors (Lipinski definition) is 3. The van der Waals surface area contributed by atoms with Gasteiger partial charge in [0.2, 0.25) is 0 Å². The highest BCUT2D eigenvalue weighted by Crippen LogP contribution is 2.25. The van der Waals surface area contributed by atoms with E-state index in [0.29, 0.717) is 6.04 Å². The average molecular weight is 249 g/mol. The largest absolute Gasteiger partial charge is 0.387 e. The van der Waals surface area contributed by atoms with Gasteiger partial charge in [0.25, 0.3) is 0 Å². The molecule has 0 amide bonds. The van der Waals surface area contributed by atoms with Crippen molar-refractivity contribution in [3.63, 3.8) is 0 Å². The summed E-state index contributed by atoms with van der Waals surface area (Å²) in [6.07, 6.45) is 1.57. The smallest absolute Gasteiger partial charge is 0.0945 e. The topological polar surface area (TPSA) is 32.7 Å². The van der Waals surface area contributed by atoms with Crippen LogP contribution in [0.3, 0.4) is 0 Å². The third-order valence-corrected chi connectivity index (χ3v) is 3.93. The molecule has 0 saturated carbocycles. The molecule has 2 rings (SSSR count). The van der Waals surface area contributed by atoms with E-state index in [1.807, 2.05) is 30.3 Å². The van der Waals surface area contributed by atoms with Crippen molar-refractivity contribution in [2.75, 3.05) is 20.3 Å². The van der Waals surface area contributed by atoms with Crippen LogP contribution in [0.1, 0.15) is 31.4 Å². The molecular weight excluding hydrogens is 226 g/mol. The Morgan fingerprint density at radius 3 is 2.67 bits per heavy atom. The lowest BCUT2D eigenvalue weighted by Crippen LogP contribution is -2.43. The Labute approximate surface area is 109 Å². The van der Waals surface area contributed by atoms with Crippen molar-refractivity contribution in [2.24, 2.45) is 0 Å². The van der Waals surface area contributed by atoms with Gasteiger partial charge in [-0.2, -0.15) is 0 Å². The van der Waals surface area contributed by atoms with E-state index < -0.39 is 6.10 Å². The van der Waals surface area contributed by atoms with Crippen molar-refractivity contribution < 1.29 is 9.84 Å². The minimum Gasteiger partial charge on any atom is -0.387 e. The molecule has 1 aliphatic heterocycles. The molecule has 3 atom stereocenters. The summed E-state index contributed by atoms with van der Waals surface area (Å²) in [5.41, 5.74) is 0.995. The van der Waals surface area contributed by atoms with Gasteiger partial charge in [0.1, 0.15) is 0 Å². The number of likely N-dealkylation sites (N-methyl/N-ethyl adjacent to an activating group) is 1. The van der Waals surface area contributed by atoms with Crippen LogP contribution in [0.25, 0.3) is 0 Å². The Hall–Kier alpha value is -0.900. The van der Waals surface area contributed by atoms with Crippen molar-refractivity contribution in [3.8, 4) is 0 Å². The molecule has 18 heavy (non-hydrogen) atoms. The Bertz CT molecular complexity index is 349. The monoisotopic (exact) mass is 249 g/mol. The van der Waals surface area contributed by atoms with Crippen molar-refractivity contribution in [1.29, 1.82) is 0 Å². The fourth-order valence-electron chi connectivity index (χ4n) is 2.72. The lowest BCUT2D eigenvalue weighted by Gasteiger charge is -2.35. The van der Waals surface area contributed by atoms with Gasteiger partial charge in [-0.25, -0.2) is 0 Å². The molecule has 1 aliphatic rings. The zero-order valence-corrected chi connectivity index (χ0v) is 11.2. The summed E-state index contributed by atoms with van der Waals surface area (Å²) in [7, 11) is 2.10. The van der Waals surface area contributed by atoms with E-state index in [-0.39, 0.29) is 6.04 Å². The summed E-state index contributed by atoms with van der Waals surface area (Å²) in [5, 5.41) is 10.5. The van der Waals surface area contributed by atoms with Crippen LogP contribution >= 0.6 is 0 Å². The van der Waals surface area contributed by atoms with Gasteiger partial charge in [-0.05, 0) is 25.5 Å². The SMILES string of the molecule is CCC(C(O)c1ccccc1)N(C)C1CCOC1. The van der Waals surface area contributed by atoms with Gasteiger partial charge in [-0.15, -0.1) is 0 Å². The summed E-state index contributed by atoms with van der Waals surface area (Å²) >= 11 is 0. The normalized spacial score (nSPS) is 23.2. The second-order valence-corrected chi connectivity index (χ2v) is 5.01. The minimum absolute atomic E-state index is 0.152. The molecule has 1 aromatic carbocycles. The van der Waals surface area contributed by atoms with Gasteiger partial charge in [0, 0.05) is 18.7 Å². The maximum absolute atomic E-state index is 10.5. The van der Waals surface area contributed by atoms with Crippen molar-refractivity contribution >= 4 is 0 Å². The number of rotatable bonds is 5. The molecule has 1 aromatic rings. The van der Waals surface area contributed by atoms with E-state index in [4.69, 9.17) is 4.74 Å². The lowest BCUT2D eigenvalue weighted by atomic mass is 9.98. The standard InChI is InChI=1S/C15H23NO2/c1-3-14(16(2)13-9-10-18-11-13)15(17)12-7-5-4-6-8-12/h4-8,13-15,17H,3,9-11H2,1-2H3. The van der Waals surface area contributed by atoms with Crippen LogP contribution in [0.4, 0.5) is 0 Å². The first-order valence-corrected chi connectivity index (χ1v) is 6.76. The summed E-state index contributed by atoms with van der Waals surface area (Å²) < 4.78 is 5.44. The highest BCUT2D eigenvalue weighted by molar-refractivity contribution is 5.19. The first-order valence-electron chi connectivity index (χ1n) is 6.76.